The molecule has 0 spiro atoms. The summed E-state index contributed by atoms with van der Waals surface area (Å²) in [4.78, 5) is 24.3. The first-order valence-corrected chi connectivity index (χ1v) is 10.7. The molecular formula is C21H25N5O3S. The van der Waals surface area contributed by atoms with E-state index in [1.807, 2.05) is 35.8 Å². The zero-order chi connectivity index (χ0) is 21.5. The Kier molecular flexibility index (Phi) is 7.29. The van der Waals surface area contributed by atoms with Crippen molar-refractivity contribution in [2.24, 2.45) is 0 Å². The summed E-state index contributed by atoms with van der Waals surface area (Å²) in [6.07, 6.45) is 1.45. The van der Waals surface area contributed by atoms with Crippen molar-refractivity contribution in [3.05, 3.63) is 59.8 Å². The fraction of sp³-hybridized carbons (Fsp3) is 0.333. The Labute approximate surface area is 179 Å². The molecule has 0 unspecified atom stereocenters. The number of hydrogen-bond acceptors (Lipinski definition) is 6. The molecular weight excluding hydrogens is 402 g/mol. The van der Waals surface area contributed by atoms with E-state index in [-0.39, 0.29) is 29.9 Å². The van der Waals surface area contributed by atoms with Gasteiger partial charge in [-0.15, -0.1) is 10.2 Å². The molecule has 0 aliphatic rings. The number of aromatic nitrogens is 3. The van der Waals surface area contributed by atoms with Gasteiger partial charge in [-0.1, -0.05) is 37.7 Å². The van der Waals surface area contributed by atoms with Crippen LogP contribution in [0.5, 0.6) is 0 Å². The molecule has 0 aliphatic carbocycles. The van der Waals surface area contributed by atoms with E-state index < -0.39 is 0 Å². The van der Waals surface area contributed by atoms with E-state index in [0.29, 0.717) is 23.4 Å². The van der Waals surface area contributed by atoms with Gasteiger partial charge >= 0.3 is 0 Å². The third kappa shape index (κ3) is 5.50. The van der Waals surface area contributed by atoms with Gasteiger partial charge in [0.1, 0.15) is 0 Å². The average Bonchev–Trinajstić information content (AvgIpc) is 3.40. The molecule has 2 heterocycles. The van der Waals surface area contributed by atoms with Crippen molar-refractivity contribution < 1.29 is 14.0 Å². The Bertz CT molecular complexity index is 981. The highest BCUT2D eigenvalue weighted by molar-refractivity contribution is 7.99. The number of thioether (sulfide) groups is 1. The van der Waals surface area contributed by atoms with Gasteiger partial charge in [-0.25, -0.2) is 0 Å². The molecule has 3 rings (SSSR count). The second-order valence-electron chi connectivity index (χ2n) is 6.92. The van der Waals surface area contributed by atoms with E-state index in [0.717, 1.165) is 5.69 Å². The van der Waals surface area contributed by atoms with Crippen LogP contribution >= 0.6 is 11.8 Å². The summed E-state index contributed by atoms with van der Waals surface area (Å²) in [5.74, 6) is 1.08. The molecule has 2 amide bonds. The summed E-state index contributed by atoms with van der Waals surface area (Å²) in [6, 6.07) is 11.1. The van der Waals surface area contributed by atoms with Gasteiger partial charge in [0.15, 0.2) is 16.7 Å². The Morgan fingerprint density at radius 3 is 2.57 bits per heavy atom. The zero-order valence-electron chi connectivity index (χ0n) is 17.2. The summed E-state index contributed by atoms with van der Waals surface area (Å²) in [6.45, 7) is 7.06. The van der Waals surface area contributed by atoms with Crippen molar-refractivity contribution in [1.82, 2.24) is 20.1 Å². The number of carbonyl (C=O) groups is 2. The van der Waals surface area contributed by atoms with E-state index in [4.69, 9.17) is 4.42 Å². The maximum absolute atomic E-state index is 12.3. The molecule has 0 saturated heterocycles. The van der Waals surface area contributed by atoms with Crippen molar-refractivity contribution in [2.75, 3.05) is 11.1 Å². The van der Waals surface area contributed by atoms with Gasteiger partial charge in [0.25, 0.3) is 5.91 Å². The number of amides is 2. The molecule has 1 aromatic carbocycles. The Morgan fingerprint density at radius 1 is 1.17 bits per heavy atom. The molecule has 0 fully saturated rings. The van der Waals surface area contributed by atoms with Gasteiger partial charge in [-0.2, -0.15) is 0 Å². The van der Waals surface area contributed by atoms with E-state index in [2.05, 4.69) is 34.7 Å². The fourth-order valence-electron chi connectivity index (χ4n) is 2.81. The van der Waals surface area contributed by atoms with E-state index in [1.165, 1.54) is 23.6 Å². The second-order valence-corrected chi connectivity index (χ2v) is 7.86. The third-order valence-electron chi connectivity index (χ3n) is 4.46. The van der Waals surface area contributed by atoms with Crippen molar-refractivity contribution in [3.63, 3.8) is 0 Å². The number of nitrogens with one attached hydrogen (secondary N) is 2. The normalized spacial score (nSPS) is 10.9. The van der Waals surface area contributed by atoms with Crippen LogP contribution in [0.1, 0.15) is 48.6 Å². The van der Waals surface area contributed by atoms with Crippen molar-refractivity contribution in [1.29, 1.82) is 0 Å². The average molecular weight is 428 g/mol. The van der Waals surface area contributed by atoms with E-state index in [9.17, 15) is 9.59 Å². The lowest BCUT2D eigenvalue weighted by Gasteiger charge is -2.09. The van der Waals surface area contributed by atoms with Crippen LogP contribution in [0.15, 0.2) is 52.2 Å². The third-order valence-corrected chi connectivity index (χ3v) is 5.42. The summed E-state index contributed by atoms with van der Waals surface area (Å²) >= 11 is 1.31. The molecule has 3 aromatic rings. The van der Waals surface area contributed by atoms with Crippen LogP contribution in [-0.4, -0.2) is 32.3 Å². The number of rotatable bonds is 9. The minimum absolute atomic E-state index is 0.115. The monoisotopic (exact) mass is 427 g/mol. The smallest absolute Gasteiger partial charge is 0.287 e. The lowest BCUT2D eigenvalue weighted by atomic mass is 10.0. The van der Waals surface area contributed by atoms with Gasteiger partial charge < -0.3 is 19.6 Å². The Balaban J connectivity index is 1.53. The molecule has 9 heteroatoms. The number of nitrogens with zero attached hydrogens (tertiary/aromatic N) is 3. The summed E-state index contributed by atoms with van der Waals surface area (Å²) < 4.78 is 6.95. The maximum atomic E-state index is 12.3. The maximum Gasteiger partial charge on any atom is 0.287 e. The predicted octanol–water partition coefficient (Wildman–Crippen LogP) is 3.68. The number of furan rings is 1. The lowest BCUT2D eigenvalue weighted by Crippen LogP contribution is -2.24. The number of carbonyl (C=O) groups excluding carboxylic acids is 2. The first kappa shape index (κ1) is 21.6. The van der Waals surface area contributed by atoms with Gasteiger partial charge in [-0.3, -0.25) is 9.59 Å². The molecule has 30 heavy (non-hydrogen) atoms. The van der Waals surface area contributed by atoms with Gasteiger partial charge in [0.2, 0.25) is 5.91 Å². The molecule has 2 N–H and O–H groups in total. The van der Waals surface area contributed by atoms with Crippen molar-refractivity contribution in [3.8, 4) is 0 Å². The SMILES string of the molecule is CCn1c(CNC(=O)c2ccco2)nnc1SCC(=O)Nc1ccc(C(C)C)cc1. The molecule has 158 valence electrons. The van der Waals surface area contributed by atoms with Gasteiger partial charge in [-0.05, 0) is 42.7 Å². The molecule has 0 aliphatic heterocycles. The van der Waals surface area contributed by atoms with Crippen LogP contribution in [0, 0.1) is 0 Å². The first-order chi connectivity index (χ1) is 14.5. The molecule has 0 bridgehead atoms. The molecule has 0 radical (unpaired) electrons. The summed E-state index contributed by atoms with van der Waals surface area (Å²) in [5.41, 5.74) is 1.99. The van der Waals surface area contributed by atoms with Crippen LogP contribution < -0.4 is 10.6 Å². The highest BCUT2D eigenvalue weighted by Gasteiger charge is 2.15. The van der Waals surface area contributed by atoms with E-state index in [1.54, 1.807) is 12.1 Å². The molecule has 8 nitrogen and oxygen atoms in total. The van der Waals surface area contributed by atoms with Crippen LogP contribution in [0.3, 0.4) is 0 Å². The quantitative estimate of drug-likeness (QED) is 0.505. The largest absolute Gasteiger partial charge is 0.459 e. The van der Waals surface area contributed by atoms with Gasteiger partial charge in [0.05, 0.1) is 18.6 Å². The van der Waals surface area contributed by atoms with Crippen LogP contribution in [0.2, 0.25) is 0 Å². The lowest BCUT2D eigenvalue weighted by molar-refractivity contribution is -0.113. The summed E-state index contributed by atoms with van der Waals surface area (Å²) in [7, 11) is 0. The minimum Gasteiger partial charge on any atom is -0.459 e. The minimum atomic E-state index is -0.317. The highest BCUT2D eigenvalue weighted by Crippen LogP contribution is 2.19. The molecule has 2 aromatic heterocycles. The number of anilines is 1. The highest BCUT2D eigenvalue weighted by atomic mass is 32.2. The van der Waals surface area contributed by atoms with Crippen LogP contribution in [0.25, 0.3) is 0 Å². The summed E-state index contributed by atoms with van der Waals surface area (Å²) in [5, 5.41) is 14.6. The van der Waals surface area contributed by atoms with Crippen molar-refractivity contribution in [2.45, 2.75) is 44.9 Å². The fourth-order valence-corrected chi connectivity index (χ4v) is 3.63. The number of benzene rings is 1. The van der Waals surface area contributed by atoms with Crippen LogP contribution in [-0.2, 0) is 17.9 Å². The van der Waals surface area contributed by atoms with Crippen LogP contribution in [0.4, 0.5) is 5.69 Å². The Hall–Kier alpha value is -3.07. The molecule has 0 atom stereocenters. The zero-order valence-corrected chi connectivity index (χ0v) is 18.0. The number of hydrogen-bond donors (Lipinski definition) is 2. The van der Waals surface area contributed by atoms with E-state index >= 15 is 0 Å². The molecule has 0 saturated carbocycles. The van der Waals surface area contributed by atoms with Gasteiger partial charge in [0, 0.05) is 12.2 Å². The second kappa shape index (κ2) is 10.1. The Morgan fingerprint density at radius 2 is 1.93 bits per heavy atom. The van der Waals surface area contributed by atoms with Crippen molar-refractivity contribution >= 4 is 29.3 Å². The first-order valence-electron chi connectivity index (χ1n) is 9.74. The predicted molar refractivity (Wildman–Crippen MR) is 115 cm³/mol. The standard InChI is InChI=1S/C21H25N5O3S/c1-4-26-18(12-22-20(28)17-6-5-11-29-17)24-25-21(26)30-13-19(27)23-16-9-7-15(8-10-16)14(2)3/h5-11,14H,4,12-13H2,1-3H3,(H,22,28)(H,23,27). The topological polar surface area (TPSA) is 102 Å².